The maximum Gasteiger partial charge on any atom is 0.146 e. The Kier molecular flexibility index (Phi) is 3.34. The van der Waals surface area contributed by atoms with Crippen molar-refractivity contribution in [2.24, 2.45) is 0 Å². The Hall–Kier alpha value is -1.67. The monoisotopic (exact) mass is 312 g/mol. The molecule has 2 aromatic carbocycles. The second-order valence-electron chi connectivity index (χ2n) is 4.73. The third-order valence-electron chi connectivity index (χ3n) is 3.62. The molecule has 0 saturated heterocycles. The van der Waals surface area contributed by atoms with Gasteiger partial charge in [-0.15, -0.1) is 0 Å². The fraction of sp³-hybridized carbons (Fsp3) is 0.118. The summed E-state index contributed by atoms with van der Waals surface area (Å²) in [4.78, 5) is 11.1. The molecule has 19 heavy (non-hydrogen) atoms. The van der Waals surface area contributed by atoms with E-state index >= 15 is 0 Å². The van der Waals surface area contributed by atoms with Crippen LogP contribution in [0, 0.1) is 0 Å². The van der Waals surface area contributed by atoms with Crippen molar-refractivity contribution in [2.75, 3.05) is 0 Å². The minimum Gasteiger partial charge on any atom is -0.298 e. The molecule has 1 aliphatic rings. The highest BCUT2D eigenvalue weighted by Gasteiger charge is 2.31. The molecule has 0 fully saturated rings. The van der Waals surface area contributed by atoms with Crippen LogP contribution in [0.1, 0.15) is 23.5 Å². The van der Waals surface area contributed by atoms with E-state index in [0.717, 1.165) is 28.3 Å². The Morgan fingerprint density at radius 1 is 1.00 bits per heavy atom. The van der Waals surface area contributed by atoms with Gasteiger partial charge in [-0.3, -0.25) is 4.79 Å². The van der Waals surface area contributed by atoms with Crippen molar-refractivity contribution in [3.05, 3.63) is 75.8 Å². The minimum absolute atomic E-state index is 0.343. The summed E-state index contributed by atoms with van der Waals surface area (Å²) >= 11 is 3.45. The van der Waals surface area contributed by atoms with E-state index in [2.05, 4.69) is 52.3 Å². The first kappa shape index (κ1) is 12.4. The lowest BCUT2D eigenvalue weighted by Gasteiger charge is -2.32. The molecule has 0 aliphatic heterocycles. The van der Waals surface area contributed by atoms with E-state index in [4.69, 9.17) is 0 Å². The smallest absolute Gasteiger partial charge is 0.146 e. The quantitative estimate of drug-likeness (QED) is 0.758. The highest BCUT2D eigenvalue weighted by molar-refractivity contribution is 9.10. The standard InChI is InChI=1S/C17H13BrO/c18-15-8-6-12(7-9-15)16-10-14(11-19)17(16)13-4-2-1-3-5-13/h1-9,11,16H,10H2. The lowest BCUT2D eigenvalue weighted by atomic mass is 9.71. The van der Waals surface area contributed by atoms with Crippen molar-refractivity contribution in [1.82, 2.24) is 0 Å². The molecule has 2 aromatic rings. The third-order valence-corrected chi connectivity index (χ3v) is 4.15. The Labute approximate surface area is 121 Å². The predicted molar refractivity (Wildman–Crippen MR) is 80.9 cm³/mol. The van der Waals surface area contributed by atoms with Crippen molar-refractivity contribution in [1.29, 1.82) is 0 Å². The highest BCUT2D eigenvalue weighted by atomic mass is 79.9. The van der Waals surface area contributed by atoms with Crippen LogP contribution >= 0.6 is 15.9 Å². The molecule has 1 unspecified atom stereocenters. The summed E-state index contributed by atoms with van der Waals surface area (Å²) in [6, 6.07) is 18.5. The van der Waals surface area contributed by atoms with E-state index in [1.165, 1.54) is 11.1 Å². The number of allylic oxidation sites excluding steroid dienone is 2. The molecule has 0 spiro atoms. The molecule has 0 heterocycles. The number of hydrogen-bond donors (Lipinski definition) is 0. The first-order valence-electron chi connectivity index (χ1n) is 6.28. The van der Waals surface area contributed by atoms with Gasteiger partial charge in [0.2, 0.25) is 0 Å². The second kappa shape index (κ2) is 5.14. The van der Waals surface area contributed by atoms with Crippen LogP contribution in [0.4, 0.5) is 0 Å². The molecule has 0 N–H and O–H groups in total. The van der Waals surface area contributed by atoms with Gasteiger partial charge in [0, 0.05) is 10.4 Å². The van der Waals surface area contributed by atoms with Crippen molar-refractivity contribution in [3.8, 4) is 0 Å². The topological polar surface area (TPSA) is 17.1 Å². The van der Waals surface area contributed by atoms with E-state index < -0.39 is 0 Å². The first-order valence-corrected chi connectivity index (χ1v) is 7.08. The van der Waals surface area contributed by atoms with E-state index in [-0.39, 0.29) is 0 Å². The number of benzene rings is 2. The first-order chi connectivity index (χ1) is 9.29. The molecular formula is C17H13BrO. The van der Waals surface area contributed by atoms with Crippen LogP contribution in [0.15, 0.2) is 64.6 Å². The van der Waals surface area contributed by atoms with Gasteiger partial charge in [0.1, 0.15) is 6.29 Å². The number of carbonyl (C=O) groups excluding carboxylic acids is 1. The average Bonchev–Trinajstić information content (AvgIpc) is 2.41. The van der Waals surface area contributed by atoms with Gasteiger partial charge in [0.15, 0.2) is 0 Å². The summed E-state index contributed by atoms with van der Waals surface area (Å²) < 4.78 is 1.08. The lowest BCUT2D eigenvalue weighted by molar-refractivity contribution is -0.105. The van der Waals surface area contributed by atoms with Gasteiger partial charge in [0.25, 0.3) is 0 Å². The molecule has 0 bridgehead atoms. The summed E-state index contributed by atoms with van der Waals surface area (Å²) in [5, 5.41) is 0. The SMILES string of the molecule is O=CC1=C(c2ccccc2)C(c2ccc(Br)cc2)C1. The molecule has 0 amide bonds. The van der Waals surface area contributed by atoms with Crippen LogP contribution in [0.3, 0.4) is 0 Å². The zero-order chi connectivity index (χ0) is 13.2. The molecule has 1 atom stereocenters. The number of hydrogen-bond acceptors (Lipinski definition) is 1. The lowest BCUT2D eigenvalue weighted by Crippen LogP contribution is -2.16. The summed E-state index contributed by atoms with van der Waals surface area (Å²) in [7, 11) is 0. The van der Waals surface area contributed by atoms with Crippen molar-refractivity contribution >= 4 is 27.8 Å². The maximum absolute atomic E-state index is 11.1. The summed E-state index contributed by atoms with van der Waals surface area (Å²) in [5.74, 6) is 0.343. The Balaban J connectivity index is 2.00. The average molecular weight is 313 g/mol. The number of carbonyl (C=O) groups is 1. The minimum atomic E-state index is 0.343. The zero-order valence-electron chi connectivity index (χ0n) is 10.3. The Morgan fingerprint density at radius 3 is 2.32 bits per heavy atom. The molecule has 1 nitrogen and oxygen atoms in total. The van der Waals surface area contributed by atoms with Gasteiger partial charge in [-0.2, -0.15) is 0 Å². The van der Waals surface area contributed by atoms with Crippen LogP contribution < -0.4 is 0 Å². The molecular weight excluding hydrogens is 300 g/mol. The van der Waals surface area contributed by atoms with Gasteiger partial charge in [-0.05, 0) is 40.8 Å². The highest BCUT2D eigenvalue weighted by Crippen LogP contribution is 2.47. The molecule has 1 aliphatic carbocycles. The zero-order valence-corrected chi connectivity index (χ0v) is 11.9. The molecule has 2 heteroatoms. The van der Waals surface area contributed by atoms with Gasteiger partial charge >= 0.3 is 0 Å². The summed E-state index contributed by atoms with van der Waals surface area (Å²) in [6.45, 7) is 0. The Morgan fingerprint density at radius 2 is 1.68 bits per heavy atom. The fourth-order valence-electron chi connectivity index (χ4n) is 2.62. The van der Waals surface area contributed by atoms with E-state index in [9.17, 15) is 4.79 Å². The summed E-state index contributed by atoms with van der Waals surface area (Å²) in [6.07, 6.45) is 1.84. The number of rotatable bonds is 3. The predicted octanol–water partition coefficient (Wildman–Crippen LogP) is 4.59. The fourth-order valence-corrected chi connectivity index (χ4v) is 2.88. The number of aldehydes is 1. The van der Waals surface area contributed by atoms with Crippen LogP contribution in [0.2, 0.25) is 0 Å². The summed E-state index contributed by atoms with van der Waals surface area (Å²) in [5.41, 5.74) is 4.54. The van der Waals surface area contributed by atoms with Crippen LogP contribution in [0.25, 0.3) is 5.57 Å². The molecule has 94 valence electrons. The molecule has 0 aromatic heterocycles. The second-order valence-corrected chi connectivity index (χ2v) is 5.65. The Bertz CT molecular complexity index is 626. The molecule has 3 rings (SSSR count). The van der Waals surface area contributed by atoms with E-state index in [1.54, 1.807) is 0 Å². The molecule has 0 radical (unpaired) electrons. The van der Waals surface area contributed by atoms with E-state index in [1.807, 2.05) is 18.2 Å². The van der Waals surface area contributed by atoms with Gasteiger partial charge in [-0.1, -0.05) is 58.4 Å². The van der Waals surface area contributed by atoms with Gasteiger partial charge in [-0.25, -0.2) is 0 Å². The van der Waals surface area contributed by atoms with Crippen molar-refractivity contribution in [3.63, 3.8) is 0 Å². The van der Waals surface area contributed by atoms with Crippen molar-refractivity contribution in [2.45, 2.75) is 12.3 Å². The normalized spacial score (nSPS) is 18.1. The largest absolute Gasteiger partial charge is 0.298 e. The van der Waals surface area contributed by atoms with Crippen LogP contribution in [0.5, 0.6) is 0 Å². The van der Waals surface area contributed by atoms with E-state index in [0.29, 0.717) is 5.92 Å². The van der Waals surface area contributed by atoms with Gasteiger partial charge < -0.3 is 0 Å². The molecule has 0 saturated carbocycles. The van der Waals surface area contributed by atoms with Gasteiger partial charge in [0.05, 0.1) is 0 Å². The third kappa shape index (κ3) is 2.28. The van der Waals surface area contributed by atoms with Crippen LogP contribution in [-0.2, 0) is 4.79 Å². The maximum atomic E-state index is 11.1. The van der Waals surface area contributed by atoms with Crippen molar-refractivity contribution < 1.29 is 4.79 Å². The number of halogens is 1. The van der Waals surface area contributed by atoms with Crippen LogP contribution in [-0.4, -0.2) is 6.29 Å².